The lowest BCUT2D eigenvalue weighted by Gasteiger charge is -2.14. The summed E-state index contributed by atoms with van der Waals surface area (Å²) in [7, 11) is -4.57. The minimum Gasteiger partial charge on any atom is -0.507 e. The Hall–Kier alpha value is -1.96. The summed E-state index contributed by atoms with van der Waals surface area (Å²) < 4.78 is 61.8. The fourth-order valence-corrected chi connectivity index (χ4v) is 3.01. The molecule has 2 N–H and O–H groups in total. The minimum absolute atomic E-state index is 0.00477. The van der Waals surface area contributed by atoms with Gasteiger partial charge < -0.3 is 5.11 Å². The van der Waals surface area contributed by atoms with Crippen LogP contribution >= 0.6 is 0 Å². The number of alkyl halides is 3. The van der Waals surface area contributed by atoms with Crippen molar-refractivity contribution in [1.82, 2.24) is 0 Å². The number of hydrogen-bond donors (Lipinski definition) is 2. The number of rotatable bonds is 3. The summed E-state index contributed by atoms with van der Waals surface area (Å²) in [5, 5.41) is 10.6. The first-order valence-corrected chi connectivity index (χ1v) is 7.53. The normalized spacial score (nSPS) is 12.6. The average molecular weight is 319 g/mol. The Morgan fingerprint density at radius 1 is 1.19 bits per heavy atom. The van der Waals surface area contributed by atoms with Gasteiger partial charge in [0.05, 0.1) is 5.69 Å². The number of halogens is 3. The summed E-state index contributed by atoms with van der Waals surface area (Å²) in [6, 6.07) is 7.60. The highest BCUT2D eigenvalue weighted by Crippen LogP contribution is 2.34. The standard InChI is InChI=1S/C13H12F3NO3S/c1-8-6-11(17-21(19,20)7-13(14,15)16)9-4-2-3-5-10(9)12(8)18/h2-6,17-18H,7H2,1H3. The number of aryl methyl sites for hydroxylation is 1. The molecule has 21 heavy (non-hydrogen) atoms. The molecule has 0 spiro atoms. The zero-order valence-electron chi connectivity index (χ0n) is 10.9. The van der Waals surface area contributed by atoms with Crippen LogP contribution in [-0.4, -0.2) is 25.5 Å². The molecule has 2 aromatic rings. The summed E-state index contributed by atoms with van der Waals surface area (Å²) in [4.78, 5) is 0. The van der Waals surface area contributed by atoms with Gasteiger partial charge in [-0.05, 0) is 18.6 Å². The van der Waals surface area contributed by atoms with Crippen molar-refractivity contribution in [2.75, 3.05) is 10.5 Å². The van der Waals surface area contributed by atoms with Crippen LogP contribution in [0.1, 0.15) is 5.56 Å². The Morgan fingerprint density at radius 2 is 1.76 bits per heavy atom. The highest BCUT2D eigenvalue weighted by atomic mass is 32.2. The predicted octanol–water partition coefficient (Wildman–Crippen LogP) is 3.16. The van der Waals surface area contributed by atoms with Crippen LogP contribution in [0.5, 0.6) is 5.75 Å². The van der Waals surface area contributed by atoms with E-state index in [0.29, 0.717) is 16.3 Å². The summed E-state index contributed by atoms with van der Waals surface area (Å²) in [6.45, 7) is 1.53. The molecule has 0 bridgehead atoms. The molecule has 0 fully saturated rings. The van der Waals surface area contributed by atoms with Crippen LogP contribution in [0.15, 0.2) is 30.3 Å². The predicted molar refractivity (Wildman–Crippen MR) is 73.8 cm³/mol. The van der Waals surface area contributed by atoms with Gasteiger partial charge in [0.15, 0.2) is 5.75 Å². The second-order valence-electron chi connectivity index (χ2n) is 4.61. The molecule has 2 aromatic carbocycles. The minimum atomic E-state index is -4.83. The van der Waals surface area contributed by atoms with Crippen LogP contribution in [0, 0.1) is 6.92 Å². The number of nitrogens with one attached hydrogen (secondary N) is 1. The zero-order valence-corrected chi connectivity index (χ0v) is 11.7. The van der Waals surface area contributed by atoms with Gasteiger partial charge in [-0.1, -0.05) is 24.3 Å². The largest absolute Gasteiger partial charge is 0.507 e. The number of phenols is 1. The van der Waals surface area contributed by atoms with E-state index in [9.17, 15) is 26.7 Å². The molecule has 0 heterocycles. The van der Waals surface area contributed by atoms with Gasteiger partial charge in [0.2, 0.25) is 10.0 Å². The van der Waals surface area contributed by atoms with Crippen molar-refractivity contribution in [3.63, 3.8) is 0 Å². The second kappa shape index (κ2) is 5.10. The van der Waals surface area contributed by atoms with Crippen LogP contribution in [0.3, 0.4) is 0 Å². The number of sulfonamides is 1. The first-order chi connectivity index (χ1) is 9.59. The number of fused-ring (bicyclic) bond motifs is 1. The Morgan fingerprint density at radius 3 is 2.33 bits per heavy atom. The molecule has 0 unspecified atom stereocenters. The zero-order chi connectivity index (χ0) is 15.8. The van der Waals surface area contributed by atoms with Crippen molar-refractivity contribution in [2.24, 2.45) is 0 Å². The van der Waals surface area contributed by atoms with Crippen LogP contribution in [0.25, 0.3) is 10.8 Å². The summed E-state index contributed by atoms with van der Waals surface area (Å²) >= 11 is 0. The molecule has 0 atom stereocenters. The molecule has 2 rings (SSSR count). The maximum Gasteiger partial charge on any atom is 0.404 e. The van der Waals surface area contributed by atoms with E-state index in [1.165, 1.54) is 19.1 Å². The third kappa shape index (κ3) is 3.57. The van der Waals surface area contributed by atoms with E-state index in [1.807, 2.05) is 4.72 Å². The van der Waals surface area contributed by atoms with Gasteiger partial charge >= 0.3 is 6.18 Å². The fourth-order valence-electron chi connectivity index (χ4n) is 2.00. The molecular formula is C13H12F3NO3S. The molecular weight excluding hydrogens is 307 g/mol. The van der Waals surface area contributed by atoms with E-state index in [-0.39, 0.29) is 11.4 Å². The van der Waals surface area contributed by atoms with Crippen LogP contribution in [0.4, 0.5) is 18.9 Å². The maximum absolute atomic E-state index is 12.3. The number of anilines is 1. The molecule has 4 nitrogen and oxygen atoms in total. The maximum atomic E-state index is 12.3. The quantitative estimate of drug-likeness (QED) is 0.854. The Labute approximate surface area is 119 Å². The first-order valence-electron chi connectivity index (χ1n) is 5.87. The SMILES string of the molecule is Cc1cc(NS(=O)(=O)CC(F)(F)F)c2ccccc2c1O. The number of phenolic OH excluding ortho intramolecular Hbond substituents is 1. The van der Waals surface area contributed by atoms with Gasteiger partial charge in [-0.25, -0.2) is 8.42 Å². The lowest BCUT2D eigenvalue weighted by atomic mass is 10.0. The van der Waals surface area contributed by atoms with Gasteiger partial charge in [-0.15, -0.1) is 0 Å². The van der Waals surface area contributed by atoms with Crippen molar-refractivity contribution < 1.29 is 26.7 Å². The molecule has 0 aromatic heterocycles. The molecule has 0 radical (unpaired) electrons. The van der Waals surface area contributed by atoms with E-state index >= 15 is 0 Å². The van der Waals surface area contributed by atoms with Crippen molar-refractivity contribution in [2.45, 2.75) is 13.1 Å². The van der Waals surface area contributed by atoms with Gasteiger partial charge in [0.1, 0.15) is 5.75 Å². The Balaban J connectivity index is 2.51. The molecule has 0 aliphatic carbocycles. The fraction of sp³-hybridized carbons (Fsp3) is 0.231. The number of aromatic hydroxyl groups is 1. The monoisotopic (exact) mass is 319 g/mol. The smallest absolute Gasteiger partial charge is 0.404 e. The Bertz CT molecular complexity index is 785. The number of hydrogen-bond acceptors (Lipinski definition) is 3. The van der Waals surface area contributed by atoms with Gasteiger partial charge in [-0.3, -0.25) is 4.72 Å². The summed E-state index contributed by atoms with van der Waals surface area (Å²) in [5.74, 6) is -2.00. The van der Waals surface area contributed by atoms with Crippen LogP contribution < -0.4 is 4.72 Å². The van der Waals surface area contributed by atoms with E-state index in [4.69, 9.17) is 0 Å². The second-order valence-corrected chi connectivity index (χ2v) is 6.33. The molecule has 114 valence electrons. The highest BCUT2D eigenvalue weighted by Gasteiger charge is 2.35. The van der Waals surface area contributed by atoms with Crippen LogP contribution in [0.2, 0.25) is 0 Å². The molecule has 0 saturated heterocycles. The number of benzene rings is 2. The average Bonchev–Trinajstić information content (AvgIpc) is 2.32. The molecule has 0 amide bonds. The third-order valence-electron chi connectivity index (χ3n) is 2.83. The lowest BCUT2D eigenvalue weighted by Crippen LogP contribution is -2.27. The highest BCUT2D eigenvalue weighted by molar-refractivity contribution is 7.92. The van der Waals surface area contributed by atoms with Gasteiger partial charge in [0.25, 0.3) is 0 Å². The van der Waals surface area contributed by atoms with E-state index < -0.39 is 22.0 Å². The van der Waals surface area contributed by atoms with E-state index in [1.54, 1.807) is 18.2 Å². The molecule has 8 heteroatoms. The van der Waals surface area contributed by atoms with Crippen molar-refractivity contribution >= 4 is 26.5 Å². The lowest BCUT2D eigenvalue weighted by molar-refractivity contribution is -0.106. The molecule has 0 saturated carbocycles. The van der Waals surface area contributed by atoms with Crippen molar-refractivity contribution in [1.29, 1.82) is 0 Å². The van der Waals surface area contributed by atoms with E-state index in [0.717, 1.165) is 0 Å². The van der Waals surface area contributed by atoms with Crippen molar-refractivity contribution in [3.05, 3.63) is 35.9 Å². The molecule has 0 aliphatic rings. The van der Waals surface area contributed by atoms with E-state index in [2.05, 4.69) is 0 Å². The third-order valence-corrected chi connectivity index (χ3v) is 4.06. The topological polar surface area (TPSA) is 66.4 Å². The molecule has 0 aliphatic heterocycles. The Kier molecular flexibility index (Phi) is 3.75. The summed E-state index contributed by atoms with van der Waals surface area (Å²) in [6.07, 6.45) is -4.83. The van der Waals surface area contributed by atoms with Gasteiger partial charge in [-0.2, -0.15) is 13.2 Å². The summed E-state index contributed by atoms with van der Waals surface area (Å²) in [5.41, 5.74) is 0.364. The van der Waals surface area contributed by atoms with Crippen molar-refractivity contribution in [3.8, 4) is 5.75 Å². The first kappa shape index (κ1) is 15.4. The van der Waals surface area contributed by atoms with Crippen LogP contribution in [-0.2, 0) is 10.0 Å². The van der Waals surface area contributed by atoms with Gasteiger partial charge in [0, 0.05) is 10.8 Å².